The Balaban J connectivity index is 2.28. The Morgan fingerprint density at radius 1 is 1.52 bits per heavy atom. The predicted molar refractivity (Wildman–Crippen MR) is 88.2 cm³/mol. The van der Waals surface area contributed by atoms with E-state index in [1.165, 1.54) is 28.5 Å². The van der Waals surface area contributed by atoms with Crippen LogP contribution in [0, 0.1) is 6.92 Å². The number of nitrogens with one attached hydrogen (secondary N) is 1. The number of sulfonamides is 1. The molecule has 2 rings (SSSR count). The Labute approximate surface area is 131 Å². The van der Waals surface area contributed by atoms with Gasteiger partial charge in [-0.2, -0.15) is 4.31 Å². The highest BCUT2D eigenvalue weighted by atomic mass is 32.2. The summed E-state index contributed by atoms with van der Waals surface area (Å²) in [5, 5.41) is 5.34. The summed E-state index contributed by atoms with van der Waals surface area (Å²) in [6.45, 7) is 10.9. The van der Waals surface area contributed by atoms with Crippen molar-refractivity contribution in [3.63, 3.8) is 0 Å². The van der Waals surface area contributed by atoms with Gasteiger partial charge in [0, 0.05) is 30.6 Å². The maximum Gasteiger partial charge on any atom is 0.244 e. The minimum atomic E-state index is -3.45. The Morgan fingerprint density at radius 2 is 2.19 bits per heavy atom. The van der Waals surface area contributed by atoms with Crippen molar-refractivity contribution in [3.8, 4) is 0 Å². The van der Waals surface area contributed by atoms with Gasteiger partial charge < -0.3 is 5.32 Å². The van der Waals surface area contributed by atoms with E-state index in [0.29, 0.717) is 30.6 Å². The van der Waals surface area contributed by atoms with E-state index in [9.17, 15) is 8.42 Å². The van der Waals surface area contributed by atoms with E-state index in [0.717, 1.165) is 16.0 Å². The fraction of sp³-hybridized carbons (Fsp3) is 0.600. The van der Waals surface area contributed by atoms with Crippen molar-refractivity contribution in [2.45, 2.75) is 51.1 Å². The average molecular weight is 329 g/mol. The Hall–Kier alpha value is -0.690. The van der Waals surface area contributed by atoms with Gasteiger partial charge in [0.05, 0.1) is 0 Å². The SMILES string of the molecule is C=C(C)CN(CC)S(=O)(=O)c1c(C)csc1CNC1CC1. The second-order valence-electron chi connectivity index (χ2n) is 5.71. The molecule has 21 heavy (non-hydrogen) atoms. The van der Waals surface area contributed by atoms with Crippen molar-refractivity contribution in [1.82, 2.24) is 9.62 Å². The van der Waals surface area contributed by atoms with Gasteiger partial charge in [-0.25, -0.2) is 8.42 Å². The zero-order chi connectivity index (χ0) is 15.6. The molecule has 0 atom stereocenters. The molecular weight excluding hydrogens is 304 g/mol. The third kappa shape index (κ3) is 3.94. The van der Waals surface area contributed by atoms with Gasteiger partial charge >= 0.3 is 0 Å². The molecule has 0 aliphatic heterocycles. The van der Waals surface area contributed by atoms with Crippen LogP contribution < -0.4 is 5.32 Å². The van der Waals surface area contributed by atoms with E-state index in [1.54, 1.807) is 0 Å². The standard InChI is InChI=1S/C15H24N2O2S2/c1-5-17(9-11(2)3)21(18,19)15-12(4)10-20-14(15)8-16-13-6-7-13/h10,13,16H,2,5-9H2,1,3-4H3. The molecule has 1 aromatic rings. The summed E-state index contributed by atoms with van der Waals surface area (Å²) in [5.41, 5.74) is 1.69. The molecule has 0 radical (unpaired) electrons. The minimum absolute atomic E-state index is 0.379. The number of nitrogens with zero attached hydrogens (tertiary/aromatic N) is 1. The van der Waals surface area contributed by atoms with Crippen molar-refractivity contribution in [1.29, 1.82) is 0 Å². The number of hydrogen-bond donors (Lipinski definition) is 1. The number of likely N-dealkylation sites (N-methyl/N-ethyl adjacent to an activating group) is 1. The third-order valence-electron chi connectivity index (χ3n) is 3.51. The van der Waals surface area contributed by atoms with E-state index in [-0.39, 0.29) is 0 Å². The summed E-state index contributed by atoms with van der Waals surface area (Å²) >= 11 is 1.53. The first-order valence-corrected chi connectivity index (χ1v) is 9.63. The van der Waals surface area contributed by atoms with Gasteiger partial charge in [0.15, 0.2) is 0 Å². The van der Waals surface area contributed by atoms with Crippen LogP contribution in [0.1, 0.15) is 37.1 Å². The van der Waals surface area contributed by atoms with E-state index in [2.05, 4.69) is 11.9 Å². The van der Waals surface area contributed by atoms with Gasteiger partial charge in [0.2, 0.25) is 10.0 Å². The van der Waals surface area contributed by atoms with Gasteiger partial charge in [0.25, 0.3) is 0 Å². The van der Waals surface area contributed by atoms with Crippen molar-refractivity contribution < 1.29 is 8.42 Å². The first kappa shape index (κ1) is 16.7. The van der Waals surface area contributed by atoms with E-state index < -0.39 is 10.0 Å². The van der Waals surface area contributed by atoms with Crippen LogP contribution >= 0.6 is 11.3 Å². The molecule has 4 nitrogen and oxygen atoms in total. The molecule has 0 unspecified atom stereocenters. The summed E-state index contributed by atoms with van der Waals surface area (Å²) in [7, 11) is -3.45. The van der Waals surface area contributed by atoms with Crippen molar-refractivity contribution in [2.75, 3.05) is 13.1 Å². The van der Waals surface area contributed by atoms with Crippen LogP contribution in [0.25, 0.3) is 0 Å². The monoisotopic (exact) mass is 328 g/mol. The predicted octanol–water partition coefficient (Wildman–Crippen LogP) is 2.90. The number of thiophene rings is 1. The lowest BCUT2D eigenvalue weighted by Gasteiger charge is -2.21. The lowest BCUT2D eigenvalue weighted by atomic mass is 10.3. The van der Waals surface area contributed by atoms with Gasteiger partial charge in [-0.15, -0.1) is 11.3 Å². The highest BCUT2D eigenvalue weighted by Gasteiger charge is 2.29. The molecule has 0 spiro atoms. The fourth-order valence-corrected chi connectivity index (χ4v) is 5.50. The maximum atomic E-state index is 12.9. The molecule has 1 N–H and O–H groups in total. The van der Waals surface area contributed by atoms with Crippen LogP contribution in [0.15, 0.2) is 22.4 Å². The summed E-state index contributed by atoms with van der Waals surface area (Å²) in [4.78, 5) is 1.41. The van der Waals surface area contributed by atoms with Crippen LogP contribution in [0.4, 0.5) is 0 Å². The lowest BCUT2D eigenvalue weighted by Crippen LogP contribution is -2.33. The highest BCUT2D eigenvalue weighted by molar-refractivity contribution is 7.89. The van der Waals surface area contributed by atoms with Gasteiger partial charge in [-0.3, -0.25) is 0 Å². The summed E-state index contributed by atoms with van der Waals surface area (Å²) in [6.07, 6.45) is 2.40. The normalized spacial score (nSPS) is 15.6. The molecule has 0 bridgehead atoms. The quantitative estimate of drug-likeness (QED) is 0.747. The zero-order valence-corrected chi connectivity index (χ0v) is 14.6. The molecule has 1 saturated carbocycles. The van der Waals surface area contributed by atoms with Gasteiger partial charge in [-0.05, 0) is 37.6 Å². The molecule has 0 amide bonds. The Kier molecular flexibility index (Phi) is 5.24. The van der Waals surface area contributed by atoms with Crippen LogP contribution in [0.5, 0.6) is 0 Å². The van der Waals surface area contributed by atoms with Gasteiger partial charge in [-0.1, -0.05) is 19.1 Å². The van der Waals surface area contributed by atoms with Gasteiger partial charge in [0.1, 0.15) is 4.90 Å². The maximum absolute atomic E-state index is 12.9. The molecule has 0 aromatic carbocycles. The number of aryl methyl sites for hydroxylation is 1. The van der Waals surface area contributed by atoms with Crippen molar-refractivity contribution in [3.05, 3.63) is 28.0 Å². The number of rotatable bonds is 8. The Bertz CT molecular complexity index is 616. The average Bonchev–Trinajstić information content (AvgIpc) is 3.15. The molecule has 6 heteroatoms. The first-order chi connectivity index (χ1) is 9.86. The smallest absolute Gasteiger partial charge is 0.244 e. The lowest BCUT2D eigenvalue weighted by molar-refractivity contribution is 0.452. The van der Waals surface area contributed by atoms with Crippen molar-refractivity contribution in [2.24, 2.45) is 0 Å². The van der Waals surface area contributed by atoms with Crippen LogP contribution in [-0.4, -0.2) is 31.9 Å². The molecular formula is C15H24N2O2S2. The van der Waals surface area contributed by atoms with E-state index in [4.69, 9.17) is 0 Å². The van der Waals surface area contributed by atoms with E-state index >= 15 is 0 Å². The summed E-state index contributed by atoms with van der Waals surface area (Å²) < 4.78 is 27.4. The molecule has 1 fully saturated rings. The molecule has 1 aliphatic rings. The Morgan fingerprint density at radius 3 is 2.71 bits per heavy atom. The minimum Gasteiger partial charge on any atom is -0.309 e. The molecule has 1 heterocycles. The number of hydrogen-bond acceptors (Lipinski definition) is 4. The van der Waals surface area contributed by atoms with Crippen LogP contribution in [-0.2, 0) is 16.6 Å². The fourth-order valence-electron chi connectivity index (χ4n) is 2.28. The summed E-state index contributed by atoms with van der Waals surface area (Å²) in [5.74, 6) is 0. The molecule has 1 aliphatic carbocycles. The topological polar surface area (TPSA) is 49.4 Å². The zero-order valence-electron chi connectivity index (χ0n) is 13.0. The summed E-state index contributed by atoms with van der Waals surface area (Å²) in [6, 6.07) is 0.570. The largest absolute Gasteiger partial charge is 0.309 e. The second-order valence-corrected chi connectivity index (χ2v) is 8.55. The second kappa shape index (κ2) is 6.60. The molecule has 1 aromatic heterocycles. The third-order valence-corrected chi connectivity index (χ3v) is 6.90. The molecule has 0 saturated heterocycles. The molecule has 118 valence electrons. The van der Waals surface area contributed by atoms with E-state index in [1.807, 2.05) is 26.2 Å². The highest BCUT2D eigenvalue weighted by Crippen LogP contribution is 2.30. The van der Waals surface area contributed by atoms with Crippen LogP contribution in [0.3, 0.4) is 0 Å². The first-order valence-electron chi connectivity index (χ1n) is 7.31. The van der Waals surface area contributed by atoms with Crippen LogP contribution in [0.2, 0.25) is 0 Å². The van der Waals surface area contributed by atoms with Crippen molar-refractivity contribution >= 4 is 21.4 Å².